The van der Waals surface area contributed by atoms with Gasteiger partial charge >= 0.3 is 0 Å². The summed E-state index contributed by atoms with van der Waals surface area (Å²) in [6, 6.07) is 2.22. The first-order valence-electron chi connectivity index (χ1n) is 9.19. The number of likely N-dealkylation sites (N-methyl/N-ethyl adjacent to an activating group) is 1. The van der Waals surface area contributed by atoms with Crippen molar-refractivity contribution < 1.29 is 0 Å². The molecule has 0 aromatic rings. The number of nitrogens with one attached hydrogen (secondary N) is 1. The molecule has 0 aliphatic heterocycles. The van der Waals surface area contributed by atoms with Crippen LogP contribution in [0.2, 0.25) is 0 Å². The van der Waals surface area contributed by atoms with Gasteiger partial charge in [-0.05, 0) is 45.7 Å². The Labute approximate surface area is 127 Å². The van der Waals surface area contributed by atoms with Crippen LogP contribution in [-0.2, 0) is 0 Å². The highest BCUT2D eigenvalue weighted by Crippen LogP contribution is 2.25. The third kappa shape index (κ3) is 5.73. The summed E-state index contributed by atoms with van der Waals surface area (Å²) >= 11 is 0. The van der Waals surface area contributed by atoms with Crippen LogP contribution in [0, 0.1) is 0 Å². The van der Waals surface area contributed by atoms with Gasteiger partial charge in [0.25, 0.3) is 0 Å². The lowest BCUT2D eigenvalue weighted by molar-refractivity contribution is 0.118. The lowest BCUT2D eigenvalue weighted by atomic mass is 9.96. The molecule has 0 radical (unpaired) electrons. The minimum absolute atomic E-state index is 0.679. The van der Waals surface area contributed by atoms with Crippen molar-refractivity contribution in [2.45, 2.75) is 103 Å². The number of nitrogens with zero attached hydrogens (tertiary/aromatic N) is 1. The van der Waals surface area contributed by atoms with Gasteiger partial charge in [-0.2, -0.15) is 0 Å². The molecule has 1 rings (SSSR count). The van der Waals surface area contributed by atoms with Gasteiger partial charge in [0, 0.05) is 18.1 Å². The number of hydrogen-bond donors (Lipinski definition) is 1. The molecule has 0 heterocycles. The Morgan fingerprint density at radius 2 is 1.65 bits per heavy atom. The Kier molecular flexibility index (Phi) is 9.54. The summed E-state index contributed by atoms with van der Waals surface area (Å²) in [5, 5.41) is 3.82. The van der Waals surface area contributed by atoms with E-state index in [4.69, 9.17) is 0 Å². The third-order valence-electron chi connectivity index (χ3n) is 5.06. The van der Waals surface area contributed by atoms with Crippen molar-refractivity contribution in [1.29, 1.82) is 0 Å². The summed E-state index contributed by atoms with van der Waals surface area (Å²) in [5.41, 5.74) is 0. The van der Waals surface area contributed by atoms with E-state index in [0.717, 1.165) is 6.04 Å². The van der Waals surface area contributed by atoms with Gasteiger partial charge in [-0.25, -0.2) is 0 Å². The quantitative estimate of drug-likeness (QED) is 0.622. The first kappa shape index (κ1) is 18.0. The Morgan fingerprint density at radius 3 is 2.15 bits per heavy atom. The lowest BCUT2D eigenvalue weighted by Gasteiger charge is -2.39. The van der Waals surface area contributed by atoms with Crippen LogP contribution in [-0.4, -0.2) is 36.6 Å². The van der Waals surface area contributed by atoms with Crippen molar-refractivity contribution in [3.63, 3.8) is 0 Å². The third-order valence-corrected chi connectivity index (χ3v) is 5.06. The van der Waals surface area contributed by atoms with Crippen LogP contribution in [0.1, 0.15) is 85.0 Å². The summed E-state index contributed by atoms with van der Waals surface area (Å²) in [4.78, 5) is 2.73. The average Bonchev–Trinajstić information content (AvgIpc) is 2.74. The second kappa shape index (κ2) is 10.6. The van der Waals surface area contributed by atoms with Gasteiger partial charge < -0.3 is 5.32 Å². The van der Waals surface area contributed by atoms with Gasteiger partial charge in [-0.1, -0.05) is 52.9 Å². The van der Waals surface area contributed by atoms with E-state index in [0.29, 0.717) is 12.1 Å². The summed E-state index contributed by atoms with van der Waals surface area (Å²) in [6.07, 6.45) is 13.7. The molecule has 1 N–H and O–H groups in total. The molecule has 0 bridgehead atoms. The Balaban J connectivity index is 2.62. The van der Waals surface area contributed by atoms with Gasteiger partial charge in [0.15, 0.2) is 0 Å². The summed E-state index contributed by atoms with van der Waals surface area (Å²) in [6.45, 7) is 8.12. The van der Waals surface area contributed by atoms with Crippen LogP contribution in [0.4, 0.5) is 0 Å². The Hall–Kier alpha value is -0.0800. The predicted molar refractivity (Wildman–Crippen MR) is 90.3 cm³/mol. The lowest BCUT2D eigenvalue weighted by Crippen LogP contribution is -2.51. The molecule has 0 aromatic heterocycles. The molecule has 2 heteroatoms. The van der Waals surface area contributed by atoms with Crippen LogP contribution < -0.4 is 5.32 Å². The molecule has 20 heavy (non-hydrogen) atoms. The predicted octanol–water partition coefficient (Wildman–Crippen LogP) is 4.59. The van der Waals surface area contributed by atoms with E-state index in [9.17, 15) is 0 Å². The van der Waals surface area contributed by atoms with Crippen molar-refractivity contribution in [3.05, 3.63) is 0 Å². The zero-order chi connectivity index (χ0) is 14.8. The SMILES string of the molecule is CCCNC(CCC)C(CC)N(C)C1CCCCCC1. The van der Waals surface area contributed by atoms with Gasteiger partial charge in [0.2, 0.25) is 0 Å². The second-order valence-electron chi connectivity index (χ2n) is 6.64. The molecule has 1 fully saturated rings. The highest BCUT2D eigenvalue weighted by Gasteiger charge is 2.27. The standard InChI is InChI=1S/C18H38N2/c1-5-12-17(19-15-6-2)18(7-3)20(4)16-13-10-8-9-11-14-16/h16-19H,5-15H2,1-4H3. The highest BCUT2D eigenvalue weighted by molar-refractivity contribution is 4.86. The molecule has 0 aromatic carbocycles. The normalized spacial score (nSPS) is 20.9. The first-order chi connectivity index (χ1) is 9.74. The first-order valence-corrected chi connectivity index (χ1v) is 9.19. The molecule has 1 saturated carbocycles. The molecule has 0 saturated heterocycles. The zero-order valence-electron chi connectivity index (χ0n) is 14.5. The fourth-order valence-electron chi connectivity index (χ4n) is 3.86. The molecular weight excluding hydrogens is 244 g/mol. The van der Waals surface area contributed by atoms with E-state index < -0.39 is 0 Å². The molecule has 2 unspecified atom stereocenters. The van der Waals surface area contributed by atoms with Crippen molar-refractivity contribution in [3.8, 4) is 0 Å². The molecule has 0 amide bonds. The van der Waals surface area contributed by atoms with Gasteiger partial charge in [0.05, 0.1) is 0 Å². The maximum Gasteiger partial charge on any atom is 0.0246 e. The Morgan fingerprint density at radius 1 is 1.00 bits per heavy atom. The number of rotatable bonds is 9. The molecule has 1 aliphatic carbocycles. The van der Waals surface area contributed by atoms with Crippen molar-refractivity contribution >= 4 is 0 Å². The van der Waals surface area contributed by atoms with Crippen LogP contribution in [0.25, 0.3) is 0 Å². The molecule has 120 valence electrons. The van der Waals surface area contributed by atoms with Crippen LogP contribution in [0.15, 0.2) is 0 Å². The van der Waals surface area contributed by atoms with E-state index in [2.05, 4.69) is 38.0 Å². The van der Waals surface area contributed by atoms with Gasteiger partial charge in [0.1, 0.15) is 0 Å². The van der Waals surface area contributed by atoms with Crippen molar-refractivity contribution in [2.24, 2.45) is 0 Å². The summed E-state index contributed by atoms with van der Waals surface area (Å²) in [5.74, 6) is 0. The van der Waals surface area contributed by atoms with Crippen LogP contribution in [0.5, 0.6) is 0 Å². The van der Waals surface area contributed by atoms with E-state index in [-0.39, 0.29) is 0 Å². The molecule has 0 spiro atoms. The van der Waals surface area contributed by atoms with Crippen molar-refractivity contribution in [2.75, 3.05) is 13.6 Å². The van der Waals surface area contributed by atoms with Gasteiger partial charge in [-0.15, -0.1) is 0 Å². The number of hydrogen-bond acceptors (Lipinski definition) is 2. The van der Waals surface area contributed by atoms with E-state index in [1.807, 2.05) is 0 Å². The van der Waals surface area contributed by atoms with Crippen molar-refractivity contribution in [1.82, 2.24) is 10.2 Å². The fourth-order valence-corrected chi connectivity index (χ4v) is 3.86. The average molecular weight is 283 g/mol. The summed E-state index contributed by atoms with van der Waals surface area (Å²) in [7, 11) is 2.39. The molecule has 2 nitrogen and oxygen atoms in total. The maximum atomic E-state index is 3.82. The van der Waals surface area contributed by atoms with Crippen LogP contribution in [0.3, 0.4) is 0 Å². The molecule has 1 aliphatic rings. The van der Waals surface area contributed by atoms with E-state index >= 15 is 0 Å². The van der Waals surface area contributed by atoms with E-state index in [1.165, 1.54) is 70.8 Å². The Bertz CT molecular complexity index is 221. The van der Waals surface area contributed by atoms with E-state index in [1.54, 1.807) is 0 Å². The minimum Gasteiger partial charge on any atom is -0.312 e. The zero-order valence-corrected chi connectivity index (χ0v) is 14.5. The topological polar surface area (TPSA) is 15.3 Å². The van der Waals surface area contributed by atoms with Crippen LogP contribution >= 0.6 is 0 Å². The monoisotopic (exact) mass is 282 g/mol. The minimum atomic E-state index is 0.679. The smallest absolute Gasteiger partial charge is 0.0246 e. The molecular formula is C18H38N2. The largest absolute Gasteiger partial charge is 0.312 e. The fraction of sp³-hybridized carbons (Fsp3) is 1.00. The molecule has 2 atom stereocenters. The second-order valence-corrected chi connectivity index (χ2v) is 6.64. The highest BCUT2D eigenvalue weighted by atomic mass is 15.2. The summed E-state index contributed by atoms with van der Waals surface area (Å²) < 4.78 is 0. The van der Waals surface area contributed by atoms with Gasteiger partial charge in [-0.3, -0.25) is 4.90 Å². The maximum absolute atomic E-state index is 3.82.